The number of benzene rings is 1. The number of aliphatic hydroxyl groups excluding tert-OH is 1. The monoisotopic (exact) mass is 312 g/mol. The van der Waals surface area contributed by atoms with E-state index in [4.69, 9.17) is 5.11 Å². The number of rotatable bonds is 5. The van der Waals surface area contributed by atoms with Crippen molar-refractivity contribution in [2.45, 2.75) is 31.1 Å². The Hall–Kier alpha value is -1.44. The minimum absolute atomic E-state index is 0.0346. The highest BCUT2D eigenvalue weighted by molar-refractivity contribution is 7.89. The van der Waals surface area contributed by atoms with Gasteiger partial charge in [-0.15, -0.1) is 0 Å². The zero-order valence-electron chi connectivity index (χ0n) is 12.0. The molecule has 0 unspecified atom stereocenters. The van der Waals surface area contributed by atoms with E-state index in [9.17, 15) is 13.2 Å². The molecule has 1 aromatic rings. The molecule has 0 atom stereocenters. The molecule has 7 heteroatoms. The Morgan fingerprint density at radius 1 is 1.43 bits per heavy atom. The van der Waals surface area contributed by atoms with Crippen LogP contribution in [-0.4, -0.2) is 39.1 Å². The van der Waals surface area contributed by atoms with Crippen LogP contribution in [0.5, 0.6) is 0 Å². The van der Waals surface area contributed by atoms with Crippen LogP contribution in [0.25, 0.3) is 0 Å². The number of nitrogens with one attached hydrogen (secondary N) is 1. The second-order valence-corrected chi connectivity index (χ2v) is 6.81. The van der Waals surface area contributed by atoms with Crippen LogP contribution in [0.3, 0.4) is 0 Å². The van der Waals surface area contributed by atoms with E-state index in [-0.39, 0.29) is 24.0 Å². The standard InChI is InChI=1S/C14H20N2O4S/c1-11(18)16-8-2-4-12-10-13(5-6-14(12)16)21(19,20)15-7-3-9-17/h5-6,10,15,17H,2-4,7-9H2,1H3. The molecule has 1 amide bonds. The van der Waals surface area contributed by atoms with Gasteiger partial charge in [-0.3, -0.25) is 4.79 Å². The van der Waals surface area contributed by atoms with Crippen LogP contribution in [0.4, 0.5) is 5.69 Å². The predicted octanol–water partition coefficient (Wildman–Crippen LogP) is 0.646. The molecule has 1 aromatic carbocycles. The van der Waals surface area contributed by atoms with Crippen LogP contribution in [-0.2, 0) is 21.2 Å². The van der Waals surface area contributed by atoms with Crippen LogP contribution in [0.15, 0.2) is 23.1 Å². The summed E-state index contributed by atoms with van der Waals surface area (Å²) in [7, 11) is -3.57. The van der Waals surface area contributed by atoms with Gasteiger partial charge in [-0.05, 0) is 43.0 Å². The Labute approximate surface area is 124 Å². The number of hydrogen-bond acceptors (Lipinski definition) is 4. The van der Waals surface area contributed by atoms with Gasteiger partial charge in [0, 0.05) is 32.3 Å². The Kier molecular flexibility index (Phi) is 4.97. The van der Waals surface area contributed by atoms with Gasteiger partial charge in [-0.2, -0.15) is 0 Å². The second-order valence-electron chi connectivity index (χ2n) is 5.04. The summed E-state index contributed by atoms with van der Waals surface area (Å²) in [6, 6.07) is 4.84. The lowest BCUT2D eigenvalue weighted by atomic mass is 10.0. The summed E-state index contributed by atoms with van der Waals surface area (Å²) in [5, 5.41) is 8.70. The summed E-state index contributed by atoms with van der Waals surface area (Å²) < 4.78 is 26.7. The van der Waals surface area contributed by atoms with Gasteiger partial charge in [0.05, 0.1) is 4.90 Å². The van der Waals surface area contributed by atoms with E-state index in [1.54, 1.807) is 17.0 Å². The molecule has 0 bridgehead atoms. The predicted molar refractivity (Wildman–Crippen MR) is 79.7 cm³/mol. The molecule has 0 spiro atoms. The zero-order chi connectivity index (χ0) is 15.5. The van der Waals surface area contributed by atoms with Crippen molar-refractivity contribution in [1.82, 2.24) is 4.72 Å². The van der Waals surface area contributed by atoms with E-state index in [2.05, 4.69) is 4.72 Å². The molecule has 1 aliphatic rings. The highest BCUT2D eigenvalue weighted by Crippen LogP contribution is 2.29. The van der Waals surface area contributed by atoms with Gasteiger partial charge in [-0.1, -0.05) is 0 Å². The summed E-state index contributed by atoms with van der Waals surface area (Å²) in [5.41, 5.74) is 1.67. The van der Waals surface area contributed by atoms with Crippen molar-refractivity contribution >= 4 is 21.6 Å². The fraction of sp³-hybridized carbons (Fsp3) is 0.500. The van der Waals surface area contributed by atoms with Crippen molar-refractivity contribution in [2.24, 2.45) is 0 Å². The van der Waals surface area contributed by atoms with Gasteiger partial charge >= 0.3 is 0 Å². The number of fused-ring (bicyclic) bond motifs is 1. The van der Waals surface area contributed by atoms with E-state index in [1.165, 1.54) is 13.0 Å². The molecular formula is C14H20N2O4S. The van der Waals surface area contributed by atoms with E-state index in [0.29, 0.717) is 13.0 Å². The molecule has 116 valence electrons. The van der Waals surface area contributed by atoms with E-state index in [0.717, 1.165) is 24.1 Å². The quantitative estimate of drug-likeness (QED) is 0.782. The summed E-state index contributed by atoms with van der Waals surface area (Å²) in [6.07, 6.45) is 1.97. The Bertz CT molecular complexity index is 628. The van der Waals surface area contributed by atoms with Gasteiger partial charge in [0.15, 0.2) is 0 Å². The molecule has 0 saturated heterocycles. The van der Waals surface area contributed by atoms with Gasteiger partial charge in [-0.25, -0.2) is 13.1 Å². The highest BCUT2D eigenvalue weighted by atomic mass is 32.2. The van der Waals surface area contributed by atoms with Gasteiger partial charge < -0.3 is 10.0 Å². The zero-order valence-corrected chi connectivity index (χ0v) is 12.8. The fourth-order valence-corrected chi connectivity index (χ4v) is 3.56. The molecule has 0 fully saturated rings. The first kappa shape index (κ1) is 15.9. The first-order valence-corrected chi connectivity index (χ1v) is 8.45. The average Bonchev–Trinajstić information content (AvgIpc) is 2.46. The molecule has 0 saturated carbocycles. The third kappa shape index (κ3) is 3.61. The summed E-state index contributed by atoms with van der Waals surface area (Å²) in [5.74, 6) is -0.0346. The Morgan fingerprint density at radius 2 is 2.19 bits per heavy atom. The molecule has 1 heterocycles. The number of carbonyl (C=O) groups excluding carboxylic acids is 1. The number of aryl methyl sites for hydroxylation is 1. The van der Waals surface area contributed by atoms with Crippen LogP contribution in [0, 0.1) is 0 Å². The van der Waals surface area contributed by atoms with Crippen LogP contribution >= 0.6 is 0 Å². The first-order valence-electron chi connectivity index (χ1n) is 6.97. The van der Waals surface area contributed by atoms with Crippen LogP contribution in [0.2, 0.25) is 0 Å². The maximum absolute atomic E-state index is 12.1. The SMILES string of the molecule is CC(=O)N1CCCc2cc(S(=O)(=O)NCCCO)ccc21. The van der Waals surface area contributed by atoms with Crippen molar-refractivity contribution in [1.29, 1.82) is 0 Å². The van der Waals surface area contributed by atoms with E-state index < -0.39 is 10.0 Å². The van der Waals surface area contributed by atoms with Crippen molar-refractivity contribution in [3.05, 3.63) is 23.8 Å². The molecule has 2 rings (SSSR count). The minimum Gasteiger partial charge on any atom is -0.396 e. The molecule has 0 aliphatic carbocycles. The average molecular weight is 312 g/mol. The lowest BCUT2D eigenvalue weighted by Gasteiger charge is -2.28. The minimum atomic E-state index is -3.57. The maximum Gasteiger partial charge on any atom is 0.240 e. The number of anilines is 1. The molecule has 1 aliphatic heterocycles. The third-order valence-electron chi connectivity index (χ3n) is 3.49. The molecule has 6 nitrogen and oxygen atoms in total. The number of sulfonamides is 1. The number of amides is 1. The Balaban J connectivity index is 2.27. The van der Waals surface area contributed by atoms with Gasteiger partial charge in [0.1, 0.15) is 0 Å². The molecule has 0 aromatic heterocycles. The highest BCUT2D eigenvalue weighted by Gasteiger charge is 2.22. The van der Waals surface area contributed by atoms with Crippen molar-refractivity contribution in [3.8, 4) is 0 Å². The second kappa shape index (κ2) is 6.55. The maximum atomic E-state index is 12.1. The topological polar surface area (TPSA) is 86.7 Å². The van der Waals surface area contributed by atoms with Crippen molar-refractivity contribution in [3.63, 3.8) is 0 Å². The van der Waals surface area contributed by atoms with Gasteiger partial charge in [0.25, 0.3) is 0 Å². The summed E-state index contributed by atoms with van der Waals surface area (Å²) >= 11 is 0. The number of aliphatic hydroxyl groups is 1. The Morgan fingerprint density at radius 3 is 2.86 bits per heavy atom. The summed E-state index contributed by atoms with van der Waals surface area (Å²) in [6.45, 7) is 2.33. The number of carbonyl (C=O) groups is 1. The molecule has 2 N–H and O–H groups in total. The number of nitrogens with zero attached hydrogens (tertiary/aromatic N) is 1. The molecule has 0 radical (unpaired) electrons. The van der Waals surface area contributed by atoms with Gasteiger partial charge in [0.2, 0.25) is 15.9 Å². The van der Waals surface area contributed by atoms with Crippen LogP contribution in [0.1, 0.15) is 25.3 Å². The fourth-order valence-electron chi connectivity index (χ4n) is 2.44. The molecule has 21 heavy (non-hydrogen) atoms. The van der Waals surface area contributed by atoms with Crippen molar-refractivity contribution in [2.75, 3.05) is 24.6 Å². The molecular weight excluding hydrogens is 292 g/mol. The van der Waals surface area contributed by atoms with Crippen LogP contribution < -0.4 is 9.62 Å². The normalized spacial score (nSPS) is 14.9. The lowest BCUT2D eigenvalue weighted by molar-refractivity contribution is -0.116. The van der Waals surface area contributed by atoms with E-state index in [1.807, 2.05) is 0 Å². The third-order valence-corrected chi connectivity index (χ3v) is 4.95. The summed E-state index contributed by atoms with van der Waals surface area (Å²) in [4.78, 5) is 13.5. The first-order chi connectivity index (χ1) is 9.95. The largest absolute Gasteiger partial charge is 0.396 e. The van der Waals surface area contributed by atoms with E-state index >= 15 is 0 Å². The number of hydrogen-bond donors (Lipinski definition) is 2. The van der Waals surface area contributed by atoms with Crippen molar-refractivity contribution < 1.29 is 18.3 Å². The smallest absolute Gasteiger partial charge is 0.240 e. The lowest BCUT2D eigenvalue weighted by Crippen LogP contribution is -2.33.